The van der Waals surface area contributed by atoms with E-state index in [1.54, 1.807) is 0 Å². The highest BCUT2D eigenvalue weighted by atomic mass is 15.1. The maximum Gasteiger partial charge on any atom is 0.0165 e. The van der Waals surface area contributed by atoms with E-state index < -0.39 is 0 Å². The second-order valence-corrected chi connectivity index (χ2v) is 4.18. The van der Waals surface area contributed by atoms with Crippen LogP contribution in [0.15, 0.2) is 0 Å². The number of piperidine rings is 1. The summed E-state index contributed by atoms with van der Waals surface area (Å²) >= 11 is 0. The Kier molecular flexibility index (Phi) is 4.02. The normalized spacial score (nSPS) is 28.8. The zero-order valence-electron chi connectivity index (χ0n) is 8.42. The number of rotatable bonds is 3. The maximum atomic E-state index is 5.91. The van der Waals surface area contributed by atoms with Gasteiger partial charge < -0.3 is 10.6 Å². The van der Waals surface area contributed by atoms with E-state index in [9.17, 15) is 0 Å². The summed E-state index contributed by atoms with van der Waals surface area (Å²) in [5.74, 6) is 0.878. The standard InChI is InChI=1S/C10H22N2/c1-3-10(11)8-12-6-4-5-9(2)7-12/h9-10H,3-8,11H2,1-2H3/t9?,10-/m0/s1. The van der Waals surface area contributed by atoms with Gasteiger partial charge in [0.2, 0.25) is 0 Å². The summed E-state index contributed by atoms with van der Waals surface area (Å²) < 4.78 is 0. The third-order valence-electron chi connectivity index (χ3n) is 2.76. The van der Waals surface area contributed by atoms with Gasteiger partial charge in [-0.2, -0.15) is 0 Å². The van der Waals surface area contributed by atoms with Crippen LogP contribution in [-0.4, -0.2) is 30.6 Å². The molecule has 0 saturated carbocycles. The fraction of sp³-hybridized carbons (Fsp3) is 1.00. The van der Waals surface area contributed by atoms with Gasteiger partial charge in [0.1, 0.15) is 0 Å². The van der Waals surface area contributed by atoms with Crippen LogP contribution in [0.3, 0.4) is 0 Å². The van der Waals surface area contributed by atoms with Gasteiger partial charge in [-0.25, -0.2) is 0 Å². The first-order valence-corrected chi connectivity index (χ1v) is 5.20. The van der Waals surface area contributed by atoms with Gasteiger partial charge in [-0.05, 0) is 31.7 Å². The van der Waals surface area contributed by atoms with Crippen LogP contribution >= 0.6 is 0 Å². The molecule has 72 valence electrons. The van der Waals surface area contributed by atoms with Crippen molar-refractivity contribution in [3.63, 3.8) is 0 Å². The van der Waals surface area contributed by atoms with Crippen LogP contribution in [-0.2, 0) is 0 Å². The molecule has 1 fully saturated rings. The second-order valence-electron chi connectivity index (χ2n) is 4.18. The minimum atomic E-state index is 0.385. The molecule has 12 heavy (non-hydrogen) atoms. The van der Waals surface area contributed by atoms with Gasteiger partial charge in [0.15, 0.2) is 0 Å². The molecule has 1 aliphatic heterocycles. The van der Waals surface area contributed by atoms with Crippen molar-refractivity contribution in [2.45, 2.75) is 39.2 Å². The summed E-state index contributed by atoms with van der Waals surface area (Å²) in [4.78, 5) is 2.52. The topological polar surface area (TPSA) is 29.3 Å². The van der Waals surface area contributed by atoms with Crippen LogP contribution in [0.5, 0.6) is 0 Å². The lowest BCUT2D eigenvalue weighted by atomic mass is 10.00. The SMILES string of the molecule is CC[C@H](N)CN1CCCC(C)C1. The first-order chi connectivity index (χ1) is 5.72. The highest BCUT2D eigenvalue weighted by Crippen LogP contribution is 2.15. The van der Waals surface area contributed by atoms with Crippen LogP contribution < -0.4 is 5.73 Å². The quantitative estimate of drug-likeness (QED) is 0.694. The van der Waals surface area contributed by atoms with Gasteiger partial charge in [0, 0.05) is 19.1 Å². The molecule has 2 atom stereocenters. The fourth-order valence-corrected chi connectivity index (χ4v) is 1.91. The van der Waals surface area contributed by atoms with Gasteiger partial charge in [-0.1, -0.05) is 13.8 Å². The van der Waals surface area contributed by atoms with E-state index in [1.165, 1.54) is 25.9 Å². The molecule has 1 rings (SSSR count). The van der Waals surface area contributed by atoms with Crippen LogP contribution in [0.4, 0.5) is 0 Å². The lowest BCUT2D eigenvalue weighted by Crippen LogP contribution is -2.42. The molecule has 2 heteroatoms. The Balaban J connectivity index is 2.22. The Bertz CT molecular complexity index is 125. The van der Waals surface area contributed by atoms with Crippen molar-refractivity contribution in [2.75, 3.05) is 19.6 Å². The number of nitrogens with zero attached hydrogens (tertiary/aromatic N) is 1. The Morgan fingerprint density at radius 3 is 2.92 bits per heavy atom. The zero-order valence-corrected chi connectivity index (χ0v) is 8.42. The molecule has 0 amide bonds. The van der Waals surface area contributed by atoms with E-state index in [0.29, 0.717) is 6.04 Å². The van der Waals surface area contributed by atoms with Crippen molar-refractivity contribution in [3.8, 4) is 0 Å². The van der Waals surface area contributed by atoms with E-state index in [1.807, 2.05) is 0 Å². The van der Waals surface area contributed by atoms with Crippen LogP contribution in [0.2, 0.25) is 0 Å². The minimum Gasteiger partial charge on any atom is -0.327 e. The third-order valence-corrected chi connectivity index (χ3v) is 2.76. The Labute approximate surface area is 76.1 Å². The highest BCUT2D eigenvalue weighted by Gasteiger charge is 2.17. The molecule has 0 aliphatic carbocycles. The molecule has 0 bridgehead atoms. The molecule has 0 aromatic rings. The molecule has 0 aromatic heterocycles. The predicted octanol–water partition coefficient (Wildman–Crippen LogP) is 1.46. The summed E-state index contributed by atoms with van der Waals surface area (Å²) in [5, 5.41) is 0. The van der Waals surface area contributed by atoms with Crippen molar-refractivity contribution in [2.24, 2.45) is 11.7 Å². The molecule has 2 N–H and O–H groups in total. The van der Waals surface area contributed by atoms with E-state index in [-0.39, 0.29) is 0 Å². The molecule has 2 nitrogen and oxygen atoms in total. The van der Waals surface area contributed by atoms with E-state index in [0.717, 1.165) is 18.9 Å². The summed E-state index contributed by atoms with van der Waals surface area (Å²) in [6.07, 6.45) is 3.86. The summed E-state index contributed by atoms with van der Waals surface area (Å²) in [6, 6.07) is 0.385. The summed E-state index contributed by atoms with van der Waals surface area (Å²) in [6.45, 7) is 8.12. The largest absolute Gasteiger partial charge is 0.327 e. The molecular weight excluding hydrogens is 148 g/mol. The second kappa shape index (κ2) is 4.83. The molecule has 0 spiro atoms. The zero-order chi connectivity index (χ0) is 8.97. The molecule has 0 aromatic carbocycles. The van der Waals surface area contributed by atoms with Gasteiger partial charge in [-0.3, -0.25) is 0 Å². The van der Waals surface area contributed by atoms with Crippen molar-refractivity contribution < 1.29 is 0 Å². The highest BCUT2D eigenvalue weighted by molar-refractivity contribution is 4.73. The monoisotopic (exact) mass is 170 g/mol. The van der Waals surface area contributed by atoms with Crippen molar-refractivity contribution in [1.29, 1.82) is 0 Å². The molecule has 1 heterocycles. The van der Waals surface area contributed by atoms with Gasteiger partial charge in [0.25, 0.3) is 0 Å². The minimum absolute atomic E-state index is 0.385. The van der Waals surface area contributed by atoms with Crippen LogP contribution in [0, 0.1) is 5.92 Å². The molecule has 1 aliphatic rings. The predicted molar refractivity (Wildman–Crippen MR) is 53.1 cm³/mol. The Hall–Kier alpha value is -0.0800. The third kappa shape index (κ3) is 3.11. The van der Waals surface area contributed by atoms with Gasteiger partial charge >= 0.3 is 0 Å². The van der Waals surface area contributed by atoms with Gasteiger partial charge in [-0.15, -0.1) is 0 Å². The lowest BCUT2D eigenvalue weighted by molar-refractivity contribution is 0.173. The first kappa shape index (κ1) is 10.0. The number of likely N-dealkylation sites (tertiary alicyclic amines) is 1. The average Bonchev–Trinajstić information content (AvgIpc) is 2.04. The Morgan fingerprint density at radius 1 is 1.58 bits per heavy atom. The van der Waals surface area contributed by atoms with Crippen LogP contribution in [0.1, 0.15) is 33.1 Å². The maximum absolute atomic E-state index is 5.91. The number of nitrogens with two attached hydrogens (primary N) is 1. The molecule has 1 unspecified atom stereocenters. The molecular formula is C10H22N2. The summed E-state index contributed by atoms with van der Waals surface area (Å²) in [7, 11) is 0. The smallest absolute Gasteiger partial charge is 0.0165 e. The first-order valence-electron chi connectivity index (χ1n) is 5.20. The van der Waals surface area contributed by atoms with Crippen LogP contribution in [0.25, 0.3) is 0 Å². The lowest BCUT2D eigenvalue weighted by Gasteiger charge is -2.32. The fourth-order valence-electron chi connectivity index (χ4n) is 1.91. The van der Waals surface area contributed by atoms with E-state index >= 15 is 0 Å². The number of hydrogen-bond acceptors (Lipinski definition) is 2. The molecule has 1 saturated heterocycles. The number of hydrogen-bond donors (Lipinski definition) is 1. The van der Waals surface area contributed by atoms with E-state index in [4.69, 9.17) is 5.73 Å². The van der Waals surface area contributed by atoms with Crippen molar-refractivity contribution in [3.05, 3.63) is 0 Å². The Morgan fingerprint density at radius 2 is 2.33 bits per heavy atom. The summed E-state index contributed by atoms with van der Waals surface area (Å²) in [5.41, 5.74) is 5.91. The molecule has 0 radical (unpaired) electrons. The van der Waals surface area contributed by atoms with Crippen molar-refractivity contribution >= 4 is 0 Å². The van der Waals surface area contributed by atoms with Gasteiger partial charge in [0.05, 0.1) is 0 Å². The van der Waals surface area contributed by atoms with Crippen molar-refractivity contribution in [1.82, 2.24) is 4.90 Å². The van der Waals surface area contributed by atoms with E-state index in [2.05, 4.69) is 18.7 Å². The average molecular weight is 170 g/mol.